The van der Waals surface area contributed by atoms with Crippen LogP contribution in [0.25, 0.3) is 0 Å². The minimum atomic E-state index is -1.90. The molecule has 1 aromatic rings. The number of methoxy groups -OCH3 is 2. The first-order valence-electron chi connectivity index (χ1n) is 4.99. The Labute approximate surface area is 103 Å². The normalized spacial score (nSPS) is 13.8. The number of aliphatic hydroxyl groups is 2. The van der Waals surface area contributed by atoms with Crippen molar-refractivity contribution < 1.29 is 28.9 Å². The highest BCUT2D eigenvalue weighted by molar-refractivity contribution is 5.79. The van der Waals surface area contributed by atoms with E-state index >= 15 is 0 Å². The van der Waals surface area contributed by atoms with Gasteiger partial charge in [0.05, 0.1) is 14.2 Å². The molecule has 7 heteroatoms. The average Bonchev–Trinajstić information content (AvgIpc) is 2.36. The van der Waals surface area contributed by atoms with Crippen molar-refractivity contribution in [2.75, 3.05) is 14.2 Å². The lowest BCUT2D eigenvalue weighted by molar-refractivity contribution is -0.132. The molecule has 0 aliphatic rings. The third-order valence-corrected chi connectivity index (χ3v) is 2.41. The molecule has 0 saturated carbocycles. The molecule has 0 saturated heterocycles. The van der Waals surface area contributed by atoms with E-state index in [1.165, 1.54) is 14.2 Å². The summed E-state index contributed by atoms with van der Waals surface area (Å²) in [6.45, 7) is 0. The molecular formula is C11H14FNO5. The molecule has 0 heterocycles. The number of carbonyl (C=O) groups excluding carboxylic acids is 1. The van der Waals surface area contributed by atoms with E-state index in [-0.39, 0.29) is 17.1 Å². The second-order valence-electron chi connectivity index (χ2n) is 3.52. The molecule has 100 valence electrons. The molecular weight excluding hydrogens is 245 g/mol. The summed E-state index contributed by atoms with van der Waals surface area (Å²) in [6.07, 6.45) is -3.68. The maximum absolute atomic E-state index is 13.7. The summed E-state index contributed by atoms with van der Waals surface area (Å²) in [4.78, 5) is 10.7. The van der Waals surface area contributed by atoms with Crippen LogP contribution in [0.3, 0.4) is 0 Å². The molecule has 18 heavy (non-hydrogen) atoms. The molecule has 1 rings (SSSR count). The van der Waals surface area contributed by atoms with E-state index in [9.17, 15) is 19.4 Å². The highest BCUT2D eigenvalue weighted by Crippen LogP contribution is 2.33. The molecule has 1 aromatic carbocycles. The Hall–Kier alpha value is -1.86. The van der Waals surface area contributed by atoms with E-state index in [0.29, 0.717) is 0 Å². The molecule has 0 bridgehead atoms. The molecule has 2 atom stereocenters. The first-order chi connectivity index (χ1) is 8.42. The van der Waals surface area contributed by atoms with Crippen molar-refractivity contribution in [3.8, 4) is 11.5 Å². The predicted octanol–water partition coefficient (Wildman–Crippen LogP) is -0.278. The number of halogens is 1. The second-order valence-corrected chi connectivity index (χ2v) is 3.52. The van der Waals surface area contributed by atoms with Gasteiger partial charge in [0.2, 0.25) is 5.91 Å². The monoisotopic (exact) mass is 259 g/mol. The third-order valence-electron chi connectivity index (χ3n) is 2.41. The number of amides is 1. The molecule has 0 spiro atoms. The second kappa shape index (κ2) is 5.65. The maximum Gasteiger partial charge on any atom is 0.249 e. The summed E-state index contributed by atoms with van der Waals surface area (Å²) in [7, 11) is 2.65. The van der Waals surface area contributed by atoms with Crippen LogP contribution in [-0.2, 0) is 4.79 Å². The van der Waals surface area contributed by atoms with Crippen LogP contribution in [0.5, 0.6) is 11.5 Å². The lowest BCUT2D eigenvalue weighted by Crippen LogP contribution is -2.34. The smallest absolute Gasteiger partial charge is 0.249 e. The van der Waals surface area contributed by atoms with Gasteiger partial charge in [-0.1, -0.05) is 0 Å². The highest BCUT2D eigenvalue weighted by Gasteiger charge is 2.27. The van der Waals surface area contributed by atoms with Gasteiger partial charge in [0.15, 0.2) is 17.6 Å². The largest absolute Gasteiger partial charge is 0.493 e. The molecule has 2 unspecified atom stereocenters. The number of primary amides is 1. The van der Waals surface area contributed by atoms with Gasteiger partial charge < -0.3 is 25.4 Å². The van der Waals surface area contributed by atoms with Crippen molar-refractivity contribution in [3.05, 3.63) is 23.5 Å². The van der Waals surface area contributed by atoms with Gasteiger partial charge in [0.1, 0.15) is 11.9 Å². The number of carbonyl (C=O) groups is 1. The van der Waals surface area contributed by atoms with Gasteiger partial charge in [0, 0.05) is 11.6 Å². The molecule has 0 fully saturated rings. The minimum Gasteiger partial charge on any atom is -0.493 e. The van der Waals surface area contributed by atoms with Crippen LogP contribution in [0.2, 0.25) is 0 Å². The van der Waals surface area contributed by atoms with Crippen LogP contribution in [0.15, 0.2) is 12.1 Å². The van der Waals surface area contributed by atoms with Crippen LogP contribution >= 0.6 is 0 Å². The number of benzene rings is 1. The maximum atomic E-state index is 13.7. The summed E-state index contributed by atoms with van der Waals surface area (Å²) in [5.41, 5.74) is 4.52. The SMILES string of the molecule is COc1cc(F)c(C(O)C(O)C(N)=O)cc1OC. The Balaban J connectivity index is 3.20. The van der Waals surface area contributed by atoms with Gasteiger partial charge in [-0.3, -0.25) is 4.79 Å². The topological polar surface area (TPSA) is 102 Å². The molecule has 0 aliphatic heterocycles. The van der Waals surface area contributed by atoms with Crippen LogP contribution in [0.4, 0.5) is 4.39 Å². The molecule has 0 aliphatic carbocycles. The van der Waals surface area contributed by atoms with Crippen LogP contribution in [0, 0.1) is 5.82 Å². The molecule has 6 nitrogen and oxygen atoms in total. The number of nitrogens with two attached hydrogens (primary N) is 1. The number of hydrogen-bond donors (Lipinski definition) is 3. The fraction of sp³-hybridized carbons (Fsp3) is 0.364. The van der Waals surface area contributed by atoms with Gasteiger partial charge in [-0.15, -0.1) is 0 Å². The van der Waals surface area contributed by atoms with Gasteiger partial charge in [-0.2, -0.15) is 0 Å². The zero-order valence-electron chi connectivity index (χ0n) is 9.88. The van der Waals surface area contributed by atoms with Crippen molar-refractivity contribution in [2.45, 2.75) is 12.2 Å². The van der Waals surface area contributed by atoms with Gasteiger partial charge >= 0.3 is 0 Å². The van der Waals surface area contributed by atoms with E-state index in [4.69, 9.17) is 15.2 Å². The Kier molecular flexibility index (Phi) is 4.46. The Morgan fingerprint density at radius 1 is 1.28 bits per heavy atom. The van der Waals surface area contributed by atoms with Gasteiger partial charge in [0.25, 0.3) is 0 Å². The minimum absolute atomic E-state index is 0.125. The van der Waals surface area contributed by atoms with Crippen LogP contribution in [-0.4, -0.2) is 36.4 Å². The number of rotatable bonds is 5. The van der Waals surface area contributed by atoms with Crippen LogP contribution < -0.4 is 15.2 Å². The summed E-state index contributed by atoms with van der Waals surface area (Å²) >= 11 is 0. The van der Waals surface area contributed by atoms with Gasteiger partial charge in [-0.05, 0) is 6.07 Å². The number of hydrogen-bond acceptors (Lipinski definition) is 5. The predicted molar refractivity (Wildman–Crippen MR) is 59.7 cm³/mol. The zero-order valence-corrected chi connectivity index (χ0v) is 9.88. The molecule has 1 amide bonds. The van der Waals surface area contributed by atoms with Crippen molar-refractivity contribution in [1.82, 2.24) is 0 Å². The number of aliphatic hydroxyl groups excluding tert-OH is 2. The average molecular weight is 259 g/mol. The van der Waals surface area contributed by atoms with E-state index in [0.717, 1.165) is 12.1 Å². The van der Waals surface area contributed by atoms with E-state index in [1.807, 2.05) is 0 Å². The summed E-state index contributed by atoms with van der Waals surface area (Å²) in [5.74, 6) is -1.72. The zero-order chi connectivity index (χ0) is 13.9. The molecule has 0 aromatic heterocycles. The first kappa shape index (κ1) is 14.2. The fourth-order valence-corrected chi connectivity index (χ4v) is 1.42. The summed E-state index contributed by atoms with van der Waals surface area (Å²) in [6, 6.07) is 2.11. The Bertz CT molecular complexity index is 451. The van der Waals surface area contributed by atoms with Gasteiger partial charge in [-0.25, -0.2) is 4.39 Å². The third kappa shape index (κ3) is 2.69. The Morgan fingerprint density at radius 3 is 2.22 bits per heavy atom. The highest BCUT2D eigenvalue weighted by atomic mass is 19.1. The van der Waals surface area contributed by atoms with Crippen molar-refractivity contribution in [1.29, 1.82) is 0 Å². The standard InChI is InChI=1S/C11H14FNO5/c1-17-7-3-5(6(12)4-8(7)18-2)9(14)10(15)11(13)16/h3-4,9-10,14-15H,1-2H3,(H2,13,16). The van der Waals surface area contributed by atoms with E-state index < -0.39 is 23.9 Å². The molecule has 0 radical (unpaired) electrons. The van der Waals surface area contributed by atoms with E-state index in [1.54, 1.807) is 0 Å². The number of ether oxygens (including phenoxy) is 2. The lowest BCUT2D eigenvalue weighted by atomic mass is 10.0. The van der Waals surface area contributed by atoms with E-state index in [2.05, 4.69) is 0 Å². The summed E-state index contributed by atoms with van der Waals surface area (Å²) < 4.78 is 23.4. The fourth-order valence-electron chi connectivity index (χ4n) is 1.42. The first-order valence-corrected chi connectivity index (χ1v) is 4.99. The lowest BCUT2D eigenvalue weighted by Gasteiger charge is -2.17. The summed E-state index contributed by atoms with van der Waals surface area (Å²) in [5, 5.41) is 18.9. The Morgan fingerprint density at radius 2 is 1.78 bits per heavy atom. The van der Waals surface area contributed by atoms with Crippen molar-refractivity contribution in [3.63, 3.8) is 0 Å². The van der Waals surface area contributed by atoms with Crippen molar-refractivity contribution >= 4 is 5.91 Å². The van der Waals surface area contributed by atoms with Crippen LogP contribution in [0.1, 0.15) is 11.7 Å². The van der Waals surface area contributed by atoms with Crippen molar-refractivity contribution in [2.24, 2.45) is 5.73 Å². The molecule has 4 N–H and O–H groups in total. The quantitative estimate of drug-likeness (QED) is 0.675.